The van der Waals surface area contributed by atoms with Crippen LogP contribution in [0, 0.1) is 0 Å². The first-order valence-corrected chi connectivity index (χ1v) is 7.97. The zero-order valence-corrected chi connectivity index (χ0v) is 12.8. The van der Waals surface area contributed by atoms with E-state index < -0.39 is 10.0 Å². The molecule has 7 nitrogen and oxygen atoms in total. The Morgan fingerprint density at radius 1 is 1.48 bits per heavy atom. The van der Waals surface area contributed by atoms with Gasteiger partial charge in [0.15, 0.2) is 0 Å². The Bertz CT molecular complexity index is 629. The molecule has 0 bridgehead atoms. The van der Waals surface area contributed by atoms with Crippen LogP contribution in [0.1, 0.15) is 6.92 Å². The average molecular weight is 314 g/mol. The van der Waals surface area contributed by atoms with Crippen LogP contribution in [0.2, 0.25) is 0 Å². The molecule has 0 radical (unpaired) electrons. The molecule has 0 saturated carbocycles. The number of methoxy groups -OCH3 is 1. The zero-order valence-electron chi connectivity index (χ0n) is 12.0. The molecule has 0 atom stereocenters. The van der Waals surface area contributed by atoms with E-state index in [1.807, 2.05) is 0 Å². The minimum atomic E-state index is -3.62. The molecule has 0 aliphatic carbocycles. The van der Waals surface area contributed by atoms with Crippen LogP contribution in [-0.4, -0.2) is 47.7 Å². The van der Waals surface area contributed by atoms with Crippen molar-refractivity contribution in [3.63, 3.8) is 0 Å². The molecule has 1 N–H and O–H groups in total. The van der Waals surface area contributed by atoms with Crippen LogP contribution >= 0.6 is 0 Å². The maximum Gasteiger partial charge on any atom is 0.240 e. The Morgan fingerprint density at radius 3 is 2.90 bits per heavy atom. The third-order valence-electron chi connectivity index (χ3n) is 3.08. The van der Waals surface area contributed by atoms with Crippen LogP contribution < -0.4 is 14.4 Å². The van der Waals surface area contributed by atoms with Crippen molar-refractivity contribution in [1.82, 2.24) is 4.72 Å². The van der Waals surface area contributed by atoms with Crippen molar-refractivity contribution in [2.45, 2.75) is 11.8 Å². The van der Waals surface area contributed by atoms with Gasteiger partial charge in [-0.25, -0.2) is 13.1 Å². The van der Waals surface area contributed by atoms with Gasteiger partial charge in [0.1, 0.15) is 12.4 Å². The van der Waals surface area contributed by atoms with Gasteiger partial charge in [-0.2, -0.15) is 0 Å². The van der Waals surface area contributed by atoms with Gasteiger partial charge in [0, 0.05) is 26.6 Å². The van der Waals surface area contributed by atoms with Crippen molar-refractivity contribution >= 4 is 21.6 Å². The van der Waals surface area contributed by atoms with E-state index in [0.29, 0.717) is 31.2 Å². The lowest BCUT2D eigenvalue weighted by Gasteiger charge is -2.28. The molecule has 1 aromatic rings. The first-order chi connectivity index (χ1) is 9.95. The molecular weight excluding hydrogens is 296 g/mol. The minimum Gasteiger partial charge on any atom is -0.489 e. The second-order valence-electron chi connectivity index (χ2n) is 4.54. The number of hydrogen-bond acceptors (Lipinski definition) is 5. The largest absolute Gasteiger partial charge is 0.489 e. The highest BCUT2D eigenvalue weighted by atomic mass is 32.2. The normalized spacial score (nSPS) is 14.5. The number of sulfonamides is 1. The number of fused-ring (bicyclic) bond motifs is 1. The summed E-state index contributed by atoms with van der Waals surface area (Å²) < 4.78 is 36.9. The molecule has 1 aliphatic heterocycles. The summed E-state index contributed by atoms with van der Waals surface area (Å²) in [5, 5.41) is 0. The van der Waals surface area contributed by atoms with E-state index in [4.69, 9.17) is 9.47 Å². The van der Waals surface area contributed by atoms with Crippen LogP contribution in [0.4, 0.5) is 5.69 Å². The fourth-order valence-electron chi connectivity index (χ4n) is 2.06. The highest BCUT2D eigenvalue weighted by Crippen LogP contribution is 2.33. The van der Waals surface area contributed by atoms with Gasteiger partial charge in [-0.05, 0) is 12.1 Å². The van der Waals surface area contributed by atoms with E-state index >= 15 is 0 Å². The molecule has 1 amide bonds. The predicted molar refractivity (Wildman–Crippen MR) is 77.0 cm³/mol. The maximum atomic E-state index is 12.1. The van der Waals surface area contributed by atoms with E-state index in [-0.39, 0.29) is 17.3 Å². The van der Waals surface area contributed by atoms with E-state index in [1.165, 1.54) is 26.2 Å². The first kappa shape index (κ1) is 15.7. The van der Waals surface area contributed by atoms with E-state index in [0.717, 1.165) is 0 Å². The first-order valence-electron chi connectivity index (χ1n) is 6.49. The third-order valence-corrected chi connectivity index (χ3v) is 4.54. The Hall–Kier alpha value is -1.64. The summed E-state index contributed by atoms with van der Waals surface area (Å²) in [6, 6.07) is 4.47. The smallest absolute Gasteiger partial charge is 0.240 e. The lowest BCUT2D eigenvalue weighted by atomic mass is 10.2. The molecule has 0 unspecified atom stereocenters. The Labute approximate surface area is 123 Å². The van der Waals surface area contributed by atoms with Gasteiger partial charge in [-0.15, -0.1) is 0 Å². The Balaban J connectivity index is 2.27. The van der Waals surface area contributed by atoms with Gasteiger partial charge in [0.25, 0.3) is 0 Å². The number of nitrogens with zero attached hydrogens (tertiary/aromatic N) is 1. The molecule has 1 heterocycles. The van der Waals surface area contributed by atoms with Crippen LogP contribution in [0.3, 0.4) is 0 Å². The van der Waals surface area contributed by atoms with E-state index in [9.17, 15) is 13.2 Å². The maximum absolute atomic E-state index is 12.1. The molecule has 8 heteroatoms. The van der Waals surface area contributed by atoms with Gasteiger partial charge >= 0.3 is 0 Å². The molecule has 0 fully saturated rings. The lowest BCUT2D eigenvalue weighted by Crippen LogP contribution is -2.36. The van der Waals surface area contributed by atoms with Gasteiger partial charge in [0.05, 0.1) is 23.7 Å². The van der Waals surface area contributed by atoms with Gasteiger partial charge in [0.2, 0.25) is 15.9 Å². The minimum absolute atomic E-state index is 0.0998. The number of nitrogens with one attached hydrogen (secondary N) is 1. The van der Waals surface area contributed by atoms with Gasteiger partial charge in [-0.3, -0.25) is 4.79 Å². The molecule has 1 aromatic carbocycles. The number of hydrogen-bond donors (Lipinski definition) is 1. The molecule has 0 saturated heterocycles. The topological polar surface area (TPSA) is 84.9 Å². The number of rotatable bonds is 5. The van der Waals surface area contributed by atoms with Crippen molar-refractivity contribution in [3.8, 4) is 5.75 Å². The number of carbonyl (C=O) groups is 1. The molecule has 0 spiro atoms. The lowest BCUT2D eigenvalue weighted by molar-refractivity contribution is -0.116. The fourth-order valence-corrected chi connectivity index (χ4v) is 3.08. The monoisotopic (exact) mass is 314 g/mol. The number of benzene rings is 1. The number of amides is 1. The molecule has 2 rings (SSSR count). The van der Waals surface area contributed by atoms with Crippen LogP contribution in [0.5, 0.6) is 5.75 Å². The fraction of sp³-hybridized carbons (Fsp3) is 0.462. The van der Waals surface area contributed by atoms with Crippen molar-refractivity contribution in [2.75, 3.05) is 38.3 Å². The SMILES string of the molecule is COCCNS(=O)(=O)c1ccc2c(c1)OCCN2C(C)=O. The number of carbonyl (C=O) groups excluding carboxylic acids is 1. The summed E-state index contributed by atoms with van der Waals surface area (Å²) in [7, 11) is -2.12. The summed E-state index contributed by atoms with van der Waals surface area (Å²) in [6.07, 6.45) is 0. The molecule has 1 aliphatic rings. The van der Waals surface area contributed by atoms with Gasteiger partial charge < -0.3 is 14.4 Å². The average Bonchev–Trinajstić information content (AvgIpc) is 2.46. The van der Waals surface area contributed by atoms with E-state index in [2.05, 4.69) is 4.72 Å². The van der Waals surface area contributed by atoms with Crippen LogP contribution in [0.25, 0.3) is 0 Å². The number of anilines is 1. The van der Waals surface area contributed by atoms with Crippen molar-refractivity contribution in [2.24, 2.45) is 0 Å². The van der Waals surface area contributed by atoms with Crippen LogP contribution in [0.15, 0.2) is 23.1 Å². The second-order valence-corrected chi connectivity index (χ2v) is 6.31. The Morgan fingerprint density at radius 2 is 2.24 bits per heavy atom. The van der Waals surface area contributed by atoms with Crippen molar-refractivity contribution in [3.05, 3.63) is 18.2 Å². The van der Waals surface area contributed by atoms with Gasteiger partial charge in [-0.1, -0.05) is 0 Å². The number of ether oxygens (including phenoxy) is 2. The molecule has 116 valence electrons. The van der Waals surface area contributed by atoms with Crippen molar-refractivity contribution < 1.29 is 22.7 Å². The second kappa shape index (κ2) is 6.42. The van der Waals surface area contributed by atoms with Crippen molar-refractivity contribution in [1.29, 1.82) is 0 Å². The quantitative estimate of drug-likeness (QED) is 0.793. The third kappa shape index (κ3) is 3.52. The zero-order chi connectivity index (χ0) is 15.5. The molecule has 21 heavy (non-hydrogen) atoms. The molecule has 0 aromatic heterocycles. The predicted octanol–water partition coefficient (Wildman–Crippen LogP) is 0.357. The van der Waals surface area contributed by atoms with E-state index in [1.54, 1.807) is 11.0 Å². The summed E-state index contributed by atoms with van der Waals surface area (Å²) in [5.74, 6) is 0.291. The highest BCUT2D eigenvalue weighted by molar-refractivity contribution is 7.89. The summed E-state index contributed by atoms with van der Waals surface area (Å²) in [6.45, 7) is 2.74. The van der Waals surface area contributed by atoms with Crippen LogP contribution in [-0.2, 0) is 19.6 Å². The summed E-state index contributed by atoms with van der Waals surface area (Å²) >= 11 is 0. The molecular formula is C13H18N2O5S. The summed E-state index contributed by atoms with van der Waals surface area (Å²) in [5.41, 5.74) is 0.588. The highest BCUT2D eigenvalue weighted by Gasteiger charge is 2.24. The standard InChI is InChI=1S/C13H18N2O5S/c1-10(16)15-6-8-20-13-9-11(3-4-12(13)15)21(17,18)14-5-7-19-2/h3-4,9,14H,5-8H2,1-2H3. The summed E-state index contributed by atoms with van der Waals surface area (Å²) in [4.78, 5) is 13.2. The Kier molecular flexibility index (Phi) is 4.81.